The smallest absolute Gasteiger partial charge is 0.180 e. The molecule has 4 nitrogen and oxygen atoms in total. The number of rotatable bonds is 2. The summed E-state index contributed by atoms with van der Waals surface area (Å²) in [6.07, 6.45) is 0. The average Bonchev–Trinajstić information content (AvgIpc) is 3.42. The molecule has 0 radical (unpaired) electrons. The average molecular weight is 415 g/mol. The number of thiophene rings is 3. The van der Waals surface area contributed by atoms with Crippen LogP contribution in [-0.4, -0.2) is 26.4 Å². The van der Waals surface area contributed by atoms with Crippen molar-refractivity contribution < 1.29 is 18.9 Å². The minimum Gasteiger partial charge on any atom is -0.485 e. The molecule has 0 atom stereocenters. The summed E-state index contributed by atoms with van der Waals surface area (Å²) in [7, 11) is 0. The summed E-state index contributed by atoms with van der Waals surface area (Å²) >= 11 is 5.14. The summed E-state index contributed by atoms with van der Waals surface area (Å²) in [6.45, 7) is 2.41. The fraction of sp³-hybridized carbons (Fsp3) is 0.200. The fourth-order valence-corrected chi connectivity index (χ4v) is 6.92. The molecule has 0 saturated heterocycles. The zero-order valence-corrected chi connectivity index (χ0v) is 16.6. The van der Waals surface area contributed by atoms with Gasteiger partial charge in [0.05, 0.1) is 19.5 Å². The van der Waals surface area contributed by atoms with Gasteiger partial charge in [-0.15, -0.1) is 34.0 Å². The Bertz CT molecular complexity index is 1070. The quantitative estimate of drug-likeness (QED) is 0.409. The van der Waals surface area contributed by atoms with Crippen molar-refractivity contribution in [1.29, 1.82) is 0 Å². The maximum absolute atomic E-state index is 5.94. The van der Waals surface area contributed by atoms with E-state index in [0.717, 1.165) is 32.8 Å². The first-order valence-corrected chi connectivity index (χ1v) is 11.2. The molecule has 6 rings (SSSR count). The third-order valence-corrected chi connectivity index (χ3v) is 8.06. The molecule has 5 heterocycles. The molecule has 0 saturated carbocycles. The van der Waals surface area contributed by atoms with Crippen LogP contribution < -0.4 is 18.9 Å². The Morgan fingerprint density at radius 1 is 0.593 bits per heavy atom. The van der Waals surface area contributed by atoms with Crippen LogP contribution in [0.3, 0.4) is 0 Å². The predicted octanol–water partition coefficient (Wildman–Crippen LogP) is 5.90. The van der Waals surface area contributed by atoms with Gasteiger partial charge in [-0.05, 0) is 0 Å². The van der Waals surface area contributed by atoms with Crippen molar-refractivity contribution in [3.63, 3.8) is 0 Å². The lowest BCUT2D eigenvalue weighted by Crippen LogP contribution is -2.14. The Morgan fingerprint density at radius 3 is 1.59 bits per heavy atom. The third-order valence-electron chi connectivity index (χ3n) is 4.64. The molecule has 0 unspecified atom stereocenters. The van der Waals surface area contributed by atoms with Crippen LogP contribution in [0.1, 0.15) is 0 Å². The second-order valence-electron chi connectivity index (χ2n) is 6.22. The Labute approximate surface area is 167 Å². The first-order chi connectivity index (χ1) is 13.4. The number of hydrogen-bond donors (Lipinski definition) is 0. The molecule has 0 amide bonds. The molecule has 1 aromatic carbocycles. The van der Waals surface area contributed by atoms with Crippen molar-refractivity contribution in [2.75, 3.05) is 26.4 Å². The summed E-state index contributed by atoms with van der Waals surface area (Å²) in [4.78, 5) is 4.71. The highest BCUT2D eigenvalue weighted by Crippen LogP contribution is 2.55. The molecule has 4 aromatic rings. The molecule has 0 bridgehead atoms. The highest BCUT2D eigenvalue weighted by molar-refractivity contribution is 7.27. The summed E-state index contributed by atoms with van der Waals surface area (Å²) in [5.74, 6) is 3.45. The molecule has 3 aromatic heterocycles. The Hall–Kier alpha value is -2.22. The standard InChI is InChI=1S/C20H14O4S3/c1-2-4-12-11(3-1)17(19-15-13(9-25-19)21-5-7-23-15)27-18(12)20-16-14(10-26-20)22-6-8-24-16/h1-4,9-10H,5-8H2. The second kappa shape index (κ2) is 6.15. The Kier molecular flexibility index (Phi) is 3.60. The number of hydrogen-bond acceptors (Lipinski definition) is 7. The van der Waals surface area contributed by atoms with Crippen molar-refractivity contribution in [3.05, 3.63) is 35.0 Å². The zero-order valence-electron chi connectivity index (χ0n) is 14.2. The maximum Gasteiger partial charge on any atom is 0.180 e. The highest BCUT2D eigenvalue weighted by Gasteiger charge is 2.27. The van der Waals surface area contributed by atoms with Crippen LogP contribution in [0.25, 0.3) is 30.3 Å². The zero-order chi connectivity index (χ0) is 17.8. The van der Waals surface area contributed by atoms with Crippen molar-refractivity contribution in [2.45, 2.75) is 0 Å². The van der Waals surface area contributed by atoms with Gasteiger partial charge in [0, 0.05) is 21.5 Å². The van der Waals surface area contributed by atoms with Crippen LogP contribution in [0.2, 0.25) is 0 Å². The molecule has 136 valence electrons. The lowest BCUT2D eigenvalue weighted by Gasteiger charge is -2.16. The first-order valence-electron chi connectivity index (χ1n) is 8.66. The molecule has 0 fully saturated rings. The minimum atomic E-state index is 0.594. The van der Waals surface area contributed by atoms with E-state index in [1.165, 1.54) is 20.5 Å². The van der Waals surface area contributed by atoms with E-state index in [0.29, 0.717) is 26.4 Å². The van der Waals surface area contributed by atoms with Gasteiger partial charge in [0.25, 0.3) is 0 Å². The minimum absolute atomic E-state index is 0.594. The van der Waals surface area contributed by atoms with Crippen LogP contribution in [0.5, 0.6) is 23.0 Å². The van der Waals surface area contributed by atoms with Crippen molar-refractivity contribution in [1.82, 2.24) is 0 Å². The van der Waals surface area contributed by atoms with Gasteiger partial charge in [-0.3, -0.25) is 0 Å². The second-order valence-corrected chi connectivity index (χ2v) is 9.00. The largest absolute Gasteiger partial charge is 0.485 e. The van der Waals surface area contributed by atoms with E-state index in [-0.39, 0.29) is 0 Å². The predicted molar refractivity (Wildman–Crippen MR) is 110 cm³/mol. The van der Waals surface area contributed by atoms with Crippen LogP contribution >= 0.6 is 34.0 Å². The van der Waals surface area contributed by atoms with E-state index in [2.05, 4.69) is 24.3 Å². The van der Waals surface area contributed by atoms with Crippen LogP contribution in [0.15, 0.2) is 35.0 Å². The molecule has 0 spiro atoms. The SMILES string of the molecule is c1ccc2c(-c3scc4c3OCCO4)sc(-c3scc4c3OCCO4)c2c1. The molecule has 7 heteroatoms. The van der Waals surface area contributed by atoms with Gasteiger partial charge in [0.2, 0.25) is 0 Å². The highest BCUT2D eigenvalue weighted by atomic mass is 32.1. The van der Waals surface area contributed by atoms with Gasteiger partial charge < -0.3 is 18.9 Å². The maximum atomic E-state index is 5.94. The van der Waals surface area contributed by atoms with Gasteiger partial charge in [-0.1, -0.05) is 24.3 Å². The van der Waals surface area contributed by atoms with Crippen molar-refractivity contribution in [2.24, 2.45) is 0 Å². The summed E-state index contributed by atoms with van der Waals surface area (Å²) in [5, 5.41) is 6.55. The van der Waals surface area contributed by atoms with E-state index in [4.69, 9.17) is 18.9 Å². The van der Waals surface area contributed by atoms with Crippen LogP contribution in [0.4, 0.5) is 0 Å². The topological polar surface area (TPSA) is 36.9 Å². The monoisotopic (exact) mass is 414 g/mol. The lowest BCUT2D eigenvalue weighted by atomic mass is 10.1. The van der Waals surface area contributed by atoms with Crippen LogP contribution in [0, 0.1) is 0 Å². The van der Waals surface area contributed by atoms with Crippen LogP contribution in [-0.2, 0) is 0 Å². The van der Waals surface area contributed by atoms with E-state index in [1.54, 1.807) is 34.0 Å². The molecular formula is C20H14O4S3. The summed E-state index contributed by atoms with van der Waals surface area (Å²) in [6, 6.07) is 8.53. The van der Waals surface area contributed by atoms with E-state index < -0.39 is 0 Å². The van der Waals surface area contributed by atoms with Gasteiger partial charge in [0.15, 0.2) is 23.0 Å². The van der Waals surface area contributed by atoms with E-state index in [1.807, 2.05) is 10.8 Å². The first kappa shape index (κ1) is 15.8. The number of benzene rings is 1. The molecule has 2 aliphatic rings. The molecule has 0 aliphatic carbocycles. The van der Waals surface area contributed by atoms with E-state index >= 15 is 0 Å². The van der Waals surface area contributed by atoms with Gasteiger partial charge in [0.1, 0.15) is 26.4 Å². The molecule has 27 heavy (non-hydrogen) atoms. The Balaban J connectivity index is 1.58. The van der Waals surface area contributed by atoms with Gasteiger partial charge >= 0.3 is 0 Å². The fourth-order valence-electron chi connectivity index (χ4n) is 3.47. The van der Waals surface area contributed by atoms with Crippen molar-refractivity contribution >= 4 is 44.8 Å². The number of ether oxygens (including phenoxy) is 4. The van der Waals surface area contributed by atoms with Crippen molar-refractivity contribution in [3.8, 4) is 42.5 Å². The lowest BCUT2D eigenvalue weighted by molar-refractivity contribution is 0.174. The number of fused-ring (bicyclic) bond motifs is 3. The molecule has 2 aliphatic heterocycles. The Morgan fingerprint density at radius 2 is 1.07 bits per heavy atom. The normalized spacial score (nSPS) is 15.3. The van der Waals surface area contributed by atoms with Gasteiger partial charge in [-0.25, -0.2) is 0 Å². The van der Waals surface area contributed by atoms with Gasteiger partial charge in [-0.2, -0.15) is 0 Å². The summed E-state index contributed by atoms with van der Waals surface area (Å²) in [5.41, 5.74) is 0. The molecule has 0 N–H and O–H groups in total. The van der Waals surface area contributed by atoms with E-state index in [9.17, 15) is 0 Å². The third kappa shape index (κ3) is 2.38. The molecular weight excluding hydrogens is 400 g/mol. The summed E-state index contributed by atoms with van der Waals surface area (Å²) < 4.78 is 23.4.